The van der Waals surface area contributed by atoms with Crippen LogP contribution in [0.15, 0.2) is 66.7 Å². The molecule has 0 fully saturated rings. The molecule has 2 amide bonds. The molecule has 0 aliphatic rings. The molecule has 0 aromatic heterocycles. The van der Waals surface area contributed by atoms with Crippen molar-refractivity contribution in [3.63, 3.8) is 0 Å². The Morgan fingerprint density at radius 3 is 2.13 bits per heavy atom. The average Bonchev–Trinajstić information content (AvgIpc) is 2.87. The van der Waals surface area contributed by atoms with Crippen LogP contribution in [0.1, 0.15) is 11.1 Å². The molecule has 3 aromatic carbocycles. The lowest BCUT2D eigenvalue weighted by molar-refractivity contribution is -0.139. The summed E-state index contributed by atoms with van der Waals surface area (Å²) in [6.07, 6.45) is 0.926. The predicted octanol–water partition coefficient (Wildman–Crippen LogP) is 4.42. The Kier molecular flexibility index (Phi) is 9.70. The van der Waals surface area contributed by atoms with E-state index in [1.54, 1.807) is 48.5 Å². The van der Waals surface area contributed by atoms with Gasteiger partial charge in [-0.15, -0.1) is 0 Å². The summed E-state index contributed by atoms with van der Waals surface area (Å²) in [5, 5.41) is 3.03. The van der Waals surface area contributed by atoms with Crippen molar-refractivity contribution in [2.75, 3.05) is 24.2 Å². The lowest BCUT2D eigenvalue weighted by atomic mass is 10.0. The highest BCUT2D eigenvalue weighted by atomic mass is 35.5. The number of nitrogens with zero attached hydrogens (tertiary/aromatic N) is 2. The quantitative estimate of drug-likeness (QED) is 0.382. The van der Waals surface area contributed by atoms with Gasteiger partial charge in [-0.05, 0) is 29.8 Å². The van der Waals surface area contributed by atoms with Crippen molar-refractivity contribution in [3.8, 4) is 0 Å². The molecule has 0 saturated heterocycles. The largest absolute Gasteiger partial charge is 0.357 e. The predicted molar refractivity (Wildman–Crippen MR) is 144 cm³/mol. The summed E-state index contributed by atoms with van der Waals surface area (Å²) in [5.74, 6) is -3.76. The number of amides is 2. The van der Waals surface area contributed by atoms with E-state index in [4.69, 9.17) is 23.2 Å². The Hall–Kier alpha value is -3.21. The molecule has 0 aliphatic carbocycles. The monoisotopic (exact) mass is 583 g/mol. The number of benzene rings is 3. The van der Waals surface area contributed by atoms with Gasteiger partial charge in [0.25, 0.3) is 0 Å². The molecule has 0 heterocycles. The van der Waals surface area contributed by atoms with Gasteiger partial charge in [-0.25, -0.2) is 17.2 Å². The number of sulfonamides is 1. The van der Waals surface area contributed by atoms with Gasteiger partial charge in [0.1, 0.15) is 12.6 Å². The number of nitrogens with one attached hydrogen (secondary N) is 1. The molecule has 0 radical (unpaired) electrons. The van der Waals surface area contributed by atoms with Crippen molar-refractivity contribution in [1.82, 2.24) is 10.2 Å². The summed E-state index contributed by atoms with van der Waals surface area (Å²) >= 11 is 12.7. The molecule has 0 aliphatic heterocycles. The smallest absolute Gasteiger partial charge is 0.244 e. The van der Waals surface area contributed by atoms with Crippen LogP contribution in [-0.2, 0) is 32.6 Å². The van der Waals surface area contributed by atoms with E-state index in [2.05, 4.69) is 5.32 Å². The van der Waals surface area contributed by atoms with Gasteiger partial charge in [0.05, 0.1) is 11.9 Å². The Labute approximate surface area is 230 Å². The first-order valence-corrected chi connectivity index (χ1v) is 13.9. The molecule has 1 N–H and O–H groups in total. The fourth-order valence-corrected chi connectivity index (χ4v) is 5.19. The third-order valence-corrected chi connectivity index (χ3v) is 7.63. The summed E-state index contributed by atoms with van der Waals surface area (Å²) in [6.45, 7) is -1.02. The molecule has 3 rings (SSSR count). The third-order valence-electron chi connectivity index (χ3n) is 5.78. The van der Waals surface area contributed by atoms with Gasteiger partial charge in [0.15, 0.2) is 11.6 Å². The fraction of sp³-hybridized carbons (Fsp3) is 0.231. The maximum atomic E-state index is 13.9. The van der Waals surface area contributed by atoms with E-state index in [1.807, 2.05) is 0 Å². The molecule has 0 unspecified atom stereocenters. The number of rotatable bonds is 10. The van der Waals surface area contributed by atoms with E-state index in [0.29, 0.717) is 15.9 Å². The van der Waals surface area contributed by atoms with Gasteiger partial charge in [-0.3, -0.25) is 13.9 Å². The number of hydrogen-bond donors (Lipinski definition) is 1. The number of halogens is 4. The Morgan fingerprint density at radius 1 is 0.947 bits per heavy atom. The van der Waals surface area contributed by atoms with Gasteiger partial charge in [0.2, 0.25) is 21.8 Å². The normalized spacial score (nSPS) is 12.1. The van der Waals surface area contributed by atoms with Gasteiger partial charge < -0.3 is 10.2 Å². The molecular weight excluding hydrogens is 559 g/mol. The minimum atomic E-state index is -4.13. The van der Waals surface area contributed by atoms with E-state index >= 15 is 0 Å². The van der Waals surface area contributed by atoms with Gasteiger partial charge in [-0.2, -0.15) is 0 Å². The van der Waals surface area contributed by atoms with Crippen LogP contribution in [0.3, 0.4) is 0 Å². The molecule has 202 valence electrons. The van der Waals surface area contributed by atoms with Crippen molar-refractivity contribution in [2.45, 2.75) is 19.0 Å². The van der Waals surface area contributed by atoms with Crippen molar-refractivity contribution in [3.05, 3.63) is 99.5 Å². The number of anilines is 1. The molecular formula is C26H25Cl2F2N3O4S. The molecule has 7 nitrogen and oxygen atoms in total. The van der Waals surface area contributed by atoms with Gasteiger partial charge in [-0.1, -0.05) is 59.6 Å². The zero-order valence-corrected chi connectivity index (χ0v) is 22.8. The van der Waals surface area contributed by atoms with Crippen LogP contribution < -0.4 is 9.62 Å². The minimum Gasteiger partial charge on any atom is -0.357 e. The maximum Gasteiger partial charge on any atom is 0.244 e. The summed E-state index contributed by atoms with van der Waals surface area (Å²) in [5.41, 5.74) is 0.838. The maximum absolute atomic E-state index is 13.9. The lowest BCUT2D eigenvalue weighted by Crippen LogP contribution is -2.53. The Balaban J connectivity index is 2.08. The highest BCUT2D eigenvalue weighted by molar-refractivity contribution is 7.92. The van der Waals surface area contributed by atoms with Gasteiger partial charge >= 0.3 is 0 Å². The number of hydrogen-bond acceptors (Lipinski definition) is 4. The standard InChI is InChI=1S/C26H25Cl2F2N3O4S/c1-31-26(35)24(13-17-7-4-3-5-8-17)32(15-19-20(27)9-6-10-21(19)28)25(34)16-33(38(2,36)37)18-11-12-22(29)23(30)14-18/h3-12,14,24H,13,15-16H2,1-2H3,(H,31,35)/t24-/m0/s1. The summed E-state index contributed by atoms with van der Waals surface area (Å²) in [4.78, 5) is 28.0. The van der Waals surface area contributed by atoms with E-state index < -0.39 is 46.1 Å². The second-order valence-electron chi connectivity index (χ2n) is 8.41. The van der Waals surface area contributed by atoms with E-state index in [0.717, 1.165) is 24.0 Å². The van der Waals surface area contributed by atoms with Crippen molar-refractivity contribution in [2.24, 2.45) is 0 Å². The minimum absolute atomic E-state index is 0.0956. The lowest BCUT2D eigenvalue weighted by Gasteiger charge is -2.33. The first kappa shape index (κ1) is 29.3. The molecule has 0 spiro atoms. The Bertz CT molecular complexity index is 1400. The van der Waals surface area contributed by atoms with Crippen LogP contribution in [0.25, 0.3) is 0 Å². The van der Waals surface area contributed by atoms with Crippen LogP contribution >= 0.6 is 23.2 Å². The average molecular weight is 584 g/mol. The number of likely N-dealkylation sites (N-methyl/N-ethyl adjacent to an activating group) is 1. The SMILES string of the molecule is CNC(=O)[C@H](Cc1ccccc1)N(Cc1c(Cl)cccc1Cl)C(=O)CN(c1ccc(F)c(F)c1)S(C)(=O)=O. The number of carbonyl (C=O) groups is 2. The van der Waals surface area contributed by atoms with Crippen molar-refractivity contribution in [1.29, 1.82) is 0 Å². The molecule has 1 atom stereocenters. The highest BCUT2D eigenvalue weighted by Crippen LogP contribution is 2.28. The second-order valence-corrected chi connectivity index (χ2v) is 11.1. The highest BCUT2D eigenvalue weighted by Gasteiger charge is 2.33. The molecule has 12 heteroatoms. The molecule has 0 bridgehead atoms. The summed E-state index contributed by atoms with van der Waals surface area (Å²) in [7, 11) is -2.72. The first-order chi connectivity index (χ1) is 17.9. The topological polar surface area (TPSA) is 86.8 Å². The van der Waals surface area contributed by atoms with Gasteiger partial charge in [0, 0.05) is 41.7 Å². The molecule has 3 aromatic rings. The van der Waals surface area contributed by atoms with E-state index in [1.165, 1.54) is 11.9 Å². The van der Waals surface area contributed by atoms with Crippen LogP contribution in [0, 0.1) is 11.6 Å². The fourth-order valence-electron chi connectivity index (χ4n) is 3.83. The van der Waals surface area contributed by atoms with Crippen LogP contribution in [0.2, 0.25) is 10.0 Å². The molecule has 38 heavy (non-hydrogen) atoms. The van der Waals surface area contributed by atoms with E-state index in [-0.39, 0.29) is 28.7 Å². The zero-order valence-electron chi connectivity index (χ0n) is 20.5. The molecule has 0 saturated carbocycles. The Morgan fingerprint density at radius 2 is 1.58 bits per heavy atom. The third kappa shape index (κ3) is 7.21. The van der Waals surface area contributed by atoms with Crippen molar-refractivity contribution >= 4 is 50.7 Å². The zero-order chi connectivity index (χ0) is 28.0. The van der Waals surface area contributed by atoms with Crippen molar-refractivity contribution < 1.29 is 26.8 Å². The van der Waals surface area contributed by atoms with Crippen LogP contribution in [0.4, 0.5) is 14.5 Å². The second kappa shape index (κ2) is 12.6. The summed E-state index contributed by atoms with van der Waals surface area (Å²) in [6, 6.07) is 15.1. The summed E-state index contributed by atoms with van der Waals surface area (Å²) < 4.78 is 53.4. The van der Waals surface area contributed by atoms with Crippen LogP contribution in [0.5, 0.6) is 0 Å². The van der Waals surface area contributed by atoms with E-state index in [9.17, 15) is 26.8 Å². The van der Waals surface area contributed by atoms with Crippen LogP contribution in [-0.4, -0.2) is 51.0 Å². The number of carbonyl (C=O) groups excluding carboxylic acids is 2. The first-order valence-electron chi connectivity index (χ1n) is 11.3.